The van der Waals surface area contributed by atoms with Crippen LogP contribution in [-0.4, -0.2) is 9.97 Å². The first-order valence-corrected chi connectivity index (χ1v) is 3.75. The van der Waals surface area contributed by atoms with Gasteiger partial charge in [-0.15, -0.1) is 0 Å². The van der Waals surface area contributed by atoms with E-state index in [0.717, 1.165) is 0 Å². The smallest absolute Gasteiger partial charge is 0.195 e. The van der Waals surface area contributed by atoms with E-state index in [0.29, 0.717) is 16.6 Å². The molecule has 2 aromatic rings. The second kappa shape index (κ2) is 2.95. The highest BCUT2D eigenvalue weighted by atomic mass is 35.5. The normalized spacial score (nSPS) is 10.1. The van der Waals surface area contributed by atoms with E-state index in [-0.39, 0.29) is 0 Å². The first-order chi connectivity index (χ1) is 5.86. The monoisotopic (exact) mass is 180 g/mol. The van der Waals surface area contributed by atoms with E-state index in [1.54, 1.807) is 18.4 Å². The number of furan rings is 1. The minimum atomic E-state index is 0.519. The van der Waals surface area contributed by atoms with Crippen molar-refractivity contribution in [2.75, 3.05) is 0 Å². The van der Waals surface area contributed by atoms with Crippen LogP contribution in [0.1, 0.15) is 0 Å². The standard InChI is InChI=1S/C8H5ClN2O/c9-6-4-10-8(11-5-6)7-2-1-3-12-7/h1-5H. The second-order valence-electron chi connectivity index (χ2n) is 2.20. The van der Waals surface area contributed by atoms with Gasteiger partial charge >= 0.3 is 0 Å². The van der Waals surface area contributed by atoms with Crippen molar-refractivity contribution in [1.82, 2.24) is 9.97 Å². The van der Waals surface area contributed by atoms with E-state index in [2.05, 4.69) is 9.97 Å². The van der Waals surface area contributed by atoms with Crippen molar-refractivity contribution >= 4 is 11.6 Å². The summed E-state index contributed by atoms with van der Waals surface area (Å²) in [5.74, 6) is 1.19. The van der Waals surface area contributed by atoms with Crippen LogP contribution in [0.2, 0.25) is 5.02 Å². The highest BCUT2D eigenvalue weighted by Gasteiger charge is 2.01. The Hall–Kier alpha value is -1.35. The van der Waals surface area contributed by atoms with Gasteiger partial charge in [-0.2, -0.15) is 0 Å². The van der Waals surface area contributed by atoms with Crippen molar-refractivity contribution in [3.63, 3.8) is 0 Å². The molecule has 12 heavy (non-hydrogen) atoms. The van der Waals surface area contributed by atoms with E-state index in [1.165, 1.54) is 12.4 Å². The summed E-state index contributed by atoms with van der Waals surface area (Å²) in [6, 6.07) is 3.58. The van der Waals surface area contributed by atoms with Crippen molar-refractivity contribution in [3.8, 4) is 11.6 Å². The largest absolute Gasteiger partial charge is 0.461 e. The Balaban J connectivity index is 2.43. The molecule has 2 aromatic heterocycles. The van der Waals surface area contributed by atoms with Gasteiger partial charge in [0.1, 0.15) is 0 Å². The van der Waals surface area contributed by atoms with Crippen molar-refractivity contribution < 1.29 is 4.42 Å². The lowest BCUT2D eigenvalue weighted by Crippen LogP contribution is -1.84. The van der Waals surface area contributed by atoms with Gasteiger partial charge in [0.05, 0.1) is 11.3 Å². The van der Waals surface area contributed by atoms with Crippen LogP contribution in [0.15, 0.2) is 35.2 Å². The molecule has 2 rings (SSSR count). The molecule has 0 aliphatic heterocycles. The zero-order valence-corrected chi connectivity index (χ0v) is 6.82. The SMILES string of the molecule is Clc1cnc(-c2ccco2)nc1. The van der Waals surface area contributed by atoms with Gasteiger partial charge in [0, 0.05) is 12.4 Å². The van der Waals surface area contributed by atoms with Crippen LogP contribution in [0.25, 0.3) is 11.6 Å². The molecular formula is C8H5ClN2O. The molecule has 0 radical (unpaired) electrons. The quantitative estimate of drug-likeness (QED) is 0.677. The summed E-state index contributed by atoms with van der Waals surface area (Å²) in [6.07, 6.45) is 4.64. The van der Waals surface area contributed by atoms with Crippen molar-refractivity contribution in [1.29, 1.82) is 0 Å². The number of rotatable bonds is 1. The van der Waals surface area contributed by atoms with E-state index in [9.17, 15) is 0 Å². The fourth-order valence-electron chi connectivity index (χ4n) is 0.845. The van der Waals surface area contributed by atoms with Crippen LogP contribution in [0, 0.1) is 0 Å². The van der Waals surface area contributed by atoms with Crippen molar-refractivity contribution in [3.05, 3.63) is 35.8 Å². The molecule has 0 fully saturated rings. The second-order valence-corrected chi connectivity index (χ2v) is 2.64. The van der Waals surface area contributed by atoms with E-state index >= 15 is 0 Å². The molecule has 0 saturated carbocycles. The Morgan fingerprint density at radius 2 is 2.00 bits per heavy atom. The van der Waals surface area contributed by atoms with E-state index < -0.39 is 0 Å². The number of aromatic nitrogens is 2. The minimum Gasteiger partial charge on any atom is -0.461 e. The Morgan fingerprint density at radius 1 is 1.25 bits per heavy atom. The predicted molar refractivity (Wildman–Crippen MR) is 44.7 cm³/mol. The number of hydrogen-bond donors (Lipinski definition) is 0. The highest BCUT2D eigenvalue weighted by Crippen LogP contribution is 2.15. The molecule has 0 saturated heterocycles. The molecule has 0 bridgehead atoms. The molecule has 0 aliphatic carbocycles. The molecule has 0 aliphatic rings. The number of halogens is 1. The Kier molecular flexibility index (Phi) is 1.80. The van der Waals surface area contributed by atoms with Crippen LogP contribution in [0.5, 0.6) is 0 Å². The topological polar surface area (TPSA) is 38.9 Å². The van der Waals surface area contributed by atoms with E-state index in [4.69, 9.17) is 16.0 Å². The maximum atomic E-state index is 5.62. The van der Waals surface area contributed by atoms with Gasteiger partial charge in [-0.05, 0) is 12.1 Å². The van der Waals surface area contributed by atoms with Gasteiger partial charge in [-0.25, -0.2) is 9.97 Å². The van der Waals surface area contributed by atoms with E-state index in [1.807, 2.05) is 0 Å². The number of hydrogen-bond acceptors (Lipinski definition) is 3. The summed E-state index contributed by atoms with van der Waals surface area (Å²) in [7, 11) is 0. The molecule has 0 spiro atoms. The molecule has 3 nitrogen and oxygen atoms in total. The predicted octanol–water partition coefficient (Wildman–Crippen LogP) is 2.39. The molecule has 0 aromatic carbocycles. The lowest BCUT2D eigenvalue weighted by atomic mass is 10.4. The zero-order chi connectivity index (χ0) is 8.39. The molecular weight excluding hydrogens is 176 g/mol. The summed E-state index contributed by atoms with van der Waals surface area (Å²) < 4.78 is 5.09. The summed E-state index contributed by atoms with van der Waals surface area (Å²) in [5.41, 5.74) is 0. The van der Waals surface area contributed by atoms with Gasteiger partial charge in [-0.3, -0.25) is 0 Å². The average Bonchev–Trinajstić information content (AvgIpc) is 2.58. The summed E-state index contributed by atoms with van der Waals surface area (Å²) in [5, 5.41) is 0.519. The third-order valence-electron chi connectivity index (χ3n) is 1.36. The fraction of sp³-hybridized carbons (Fsp3) is 0. The van der Waals surface area contributed by atoms with Crippen LogP contribution in [0.3, 0.4) is 0 Å². The summed E-state index contributed by atoms with van der Waals surface area (Å²) in [4.78, 5) is 7.97. The summed E-state index contributed by atoms with van der Waals surface area (Å²) in [6.45, 7) is 0. The highest BCUT2D eigenvalue weighted by molar-refractivity contribution is 6.30. The van der Waals surface area contributed by atoms with Gasteiger partial charge < -0.3 is 4.42 Å². The maximum absolute atomic E-state index is 5.62. The maximum Gasteiger partial charge on any atom is 0.195 e. The van der Waals surface area contributed by atoms with Crippen LogP contribution in [-0.2, 0) is 0 Å². The van der Waals surface area contributed by atoms with Crippen LogP contribution < -0.4 is 0 Å². The van der Waals surface area contributed by atoms with Gasteiger partial charge in [0.2, 0.25) is 0 Å². The van der Waals surface area contributed by atoms with Crippen molar-refractivity contribution in [2.24, 2.45) is 0 Å². The fourth-order valence-corrected chi connectivity index (χ4v) is 0.943. The molecule has 60 valence electrons. The number of nitrogens with zero attached hydrogens (tertiary/aromatic N) is 2. The van der Waals surface area contributed by atoms with Gasteiger partial charge in [0.25, 0.3) is 0 Å². The van der Waals surface area contributed by atoms with Crippen LogP contribution in [0.4, 0.5) is 0 Å². The molecule has 0 N–H and O–H groups in total. The van der Waals surface area contributed by atoms with Gasteiger partial charge in [0.15, 0.2) is 11.6 Å². The van der Waals surface area contributed by atoms with Crippen LogP contribution >= 0.6 is 11.6 Å². The zero-order valence-electron chi connectivity index (χ0n) is 6.07. The first kappa shape index (κ1) is 7.31. The van der Waals surface area contributed by atoms with Gasteiger partial charge in [-0.1, -0.05) is 11.6 Å². The lowest BCUT2D eigenvalue weighted by molar-refractivity contribution is 0.577. The summed E-state index contributed by atoms with van der Waals surface area (Å²) >= 11 is 5.62. The molecule has 4 heteroatoms. The molecule has 0 unspecified atom stereocenters. The third kappa shape index (κ3) is 1.31. The Bertz CT molecular complexity index is 355. The minimum absolute atomic E-state index is 0.519. The molecule has 0 amide bonds. The van der Waals surface area contributed by atoms with Crippen molar-refractivity contribution in [2.45, 2.75) is 0 Å². The average molecular weight is 181 g/mol. The molecule has 2 heterocycles. The lowest BCUT2D eigenvalue weighted by Gasteiger charge is -1.92. The Labute approximate surface area is 74.0 Å². The Morgan fingerprint density at radius 3 is 2.58 bits per heavy atom. The first-order valence-electron chi connectivity index (χ1n) is 3.38. The molecule has 0 atom stereocenters. The third-order valence-corrected chi connectivity index (χ3v) is 1.56.